The molecule has 2 unspecified atom stereocenters. The molecule has 1 nitrogen and oxygen atoms in total. The molecule has 1 saturated carbocycles. The standard InChI is InChI=1S/C7H13O/c1-5(6(2)8)7-3-4-7/h5-7H,3-4H2,1-2H3. The minimum absolute atomic E-state index is 0.345. The molecular weight excluding hydrogens is 100 g/mol. The first-order valence-corrected chi connectivity index (χ1v) is 3.37. The molecule has 0 aromatic rings. The molecule has 2 atom stereocenters. The third-order valence-corrected chi connectivity index (χ3v) is 2.11. The van der Waals surface area contributed by atoms with Gasteiger partial charge in [-0.2, -0.15) is 0 Å². The van der Waals surface area contributed by atoms with Gasteiger partial charge in [-0.05, 0) is 31.6 Å². The molecule has 0 spiro atoms. The lowest BCUT2D eigenvalue weighted by atomic mass is 10.0. The number of rotatable bonds is 2. The number of hydrogen-bond acceptors (Lipinski definition) is 0. The second-order valence-corrected chi connectivity index (χ2v) is 2.90. The van der Waals surface area contributed by atoms with Crippen molar-refractivity contribution >= 4 is 0 Å². The van der Waals surface area contributed by atoms with Crippen molar-refractivity contribution in [3.05, 3.63) is 0 Å². The molecule has 0 amide bonds. The van der Waals surface area contributed by atoms with Crippen molar-refractivity contribution in [1.29, 1.82) is 0 Å². The lowest BCUT2D eigenvalue weighted by Crippen LogP contribution is -2.12. The summed E-state index contributed by atoms with van der Waals surface area (Å²) < 4.78 is 0. The van der Waals surface area contributed by atoms with Crippen molar-refractivity contribution < 1.29 is 5.11 Å². The summed E-state index contributed by atoms with van der Waals surface area (Å²) in [6.45, 7) is 3.83. The van der Waals surface area contributed by atoms with Crippen LogP contribution in [0.15, 0.2) is 0 Å². The van der Waals surface area contributed by atoms with Gasteiger partial charge in [0.05, 0.1) is 6.10 Å². The smallest absolute Gasteiger partial charge is 0.0930 e. The third kappa shape index (κ3) is 1.22. The average Bonchev–Trinajstić information content (AvgIpc) is 2.43. The zero-order valence-electron chi connectivity index (χ0n) is 5.55. The Morgan fingerprint density at radius 3 is 2.00 bits per heavy atom. The van der Waals surface area contributed by atoms with Crippen molar-refractivity contribution in [2.75, 3.05) is 0 Å². The normalized spacial score (nSPS) is 27.4. The van der Waals surface area contributed by atoms with Crippen LogP contribution in [-0.4, -0.2) is 6.10 Å². The van der Waals surface area contributed by atoms with Crippen molar-refractivity contribution in [2.45, 2.75) is 32.8 Å². The first-order valence-electron chi connectivity index (χ1n) is 3.37. The zero-order valence-corrected chi connectivity index (χ0v) is 5.55. The molecule has 47 valence electrons. The van der Waals surface area contributed by atoms with E-state index in [1.165, 1.54) is 12.8 Å². The Labute approximate surface area is 50.7 Å². The average molecular weight is 113 g/mol. The largest absolute Gasteiger partial charge is 0.233 e. The Morgan fingerprint density at radius 1 is 1.38 bits per heavy atom. The Hall–Kier alpha value is -0.0400. The highest BCUT2D eigenvalue weighted by atomic mass is 16.3. The van der Waals surface area contributed by atoms with Crippen LogP contribution in [-0.2, 0) is 5.11 Å². The highest BCUT2D eigenvalue weighted by Gasteiger charge is 2.30. The minimum atomic E-state index is -0.345. The fourth-order valence-corrected chi connectivity index (χ4v) is 1.01. The first kappa shape index (κ1) is 6.09. The lowest BCUT2D eigenvalue weighted by molar-refractivity contribution is 0.0505. The molecule has 0 bridgehead atoms. The van der Waals surface area contributed by atoms with Crippen LogP contribution in [0, 0.1) is 11.8 Å². The van der Waals surface area contributed by atoms with Crippen molar-refractivity contribution in [3.8, 4) is 0 Å². The van der Waals surface area contributed by atoms with Gasteiger partial charge in [-0.25, -0.2) is 5.11 Å². The zero-order chi connectivity index (χ0) is 6.15. The van der Waals surface area contributed by atoms with Crippen molar-refractivity contribution in [3.63, 3.8) is 0 Å². The summed E-state index contributed by atoms with van der Waals surface area (Å²) in [7, 11) is 0. The van der Waals surface area contributed by atoms with E-state index in [0.717, 1.165) is 5.92 Å². The van der Waals surface area contributed by atoms with Gasteiger partial charge in [0.2, 0.25) is 0 Å². The summed E-state index contributed by atoms with van der Waals surface area (Å²) >= 11 is 0. The van der Waals surface area contributed by atoms with E-state index in [4.69, 9.17) is 0 Å². The lowest BCUT2D eigenvalue weighted by Gasteiger charge is -2.09. The van der Waals surface area contributed by atoms with Gasteiger partial charge in [0.15, 0.2) is 0 Å². The molecule has 0 N–H and O–H groups in total. The molecule has 1 rings (SSSR count). The summed E-state index contributed by atoms with van der Waals surface area (Å²) in [5.41, 5.74) is 0. The monoisotopic (exact) mass is 113 g/mol. The second-order valence-electron chi connectivity index (χ2n) is 2.90. The van der Waals surface area contributed by atoms with Gasteiger partial charge < -0.3 is 0 Å². The molecule has 1 aliphatic carbocycles. The molecular formula is C7H13O. The highest BCUT2D eigenvalue weighted by Crippen LogP contribution is 2.38. The van der Waals surface area contributed by atoms with Gasteiger partial charge >= 0.3 is 0 Å². The predicted molar refractivity (Wildman–Crippen MR) is 32.0 cm³/mol. The van der Waals surface area contributed by atoms with E-state index in [1.807, 2.05) is 0 Å². The van der Waals surface area contributed by atoms with E-state index in [9.17, 15) is 5.11 Å². The van der Waals surface area contributed by atoms with E-state index in [2.05, 4.69) is 6.92 Å². The van der Waals surface area contributed by atoms with Crippen LogP contribution in [0.3, 0.4) is 0 Å². The van der Waals surface area contributed by atoms with Gasteiger partial charge in [-0.3, -0.25) is 0 Å². The summed E-state index contributed by atoms with van der Waals surface area (Å²) in [4.78, 5) is 0. The van der Waals surface area contributed by atoms with Crippen LogP contribution in [0.5, 0.6) is 0 Å². The number of hydrogen-bond donors (Lipinski definition) is 0. The van der Waals surface area contributed by atoms with Gasteiger partial charge in [-0.15, -0.1) is 0 Å². The van der Waals surface area contributed by atoms with Gasteiger partial charge in [-0.1, -0.05) is 6.92 Å². The summed E-state index contributed by atoms with van der Waals surface area (Å²) in [6, 6.07) is 0. The van der Waals surface area contributed by atoms with Crippen LogP contribution < -0.4 is 0 Å². The maximum atomic E-state index is 10.7. The Bertz CT molecular complexity index is 72.5. The summed E-state index contributed by atoms with van der Waals surface area (Å²) in [6.07, 6.45) is 2.25. The molecule has 0 heterocycles. The van der Waals surface area contributed by atoms with E-state index < -0.39 is 0 Å². The Balaban J connectivity index is 2.22. The van der Waals surface area contributed by atoms with Crippen LogP contribution >= 0.6 is 0 Å². The fraction of sp³-hybridized carbons (Fsp3) is 1.00. The maximum absolute atomic E-state index is 10.7. The van der Waals surface area contributed by atoms with Crippen LogP contribution in [0.25, 0.3) is 0 Å². The topological polar surface area (TPSA) is 19.9 Å². The highest BCUT2D eigenvalue weighted by molar-refractivity contribution is 4.80. The molecule has 0 aromatic heterocycles. The van der Waals surface area contributed by atoms with Gasteiger partial charge in [0.25, 0.3) is 0 Å². The summed E-state index contributed by atoms with van der Waals surface area (Å²) in [5, 5.41) is 10.7. The molecule has 8 heavy (non-hydrogen) atoms. The van der Waals surface area contributed by atoms with Gasteiger partial charge in [0.1, 0.15) is 0 Å². The predicted octanol–water partition coefficient (Wildman–Crippen LogP) is 1.85. The molecule has 1 heteroatoms. The van der Waals surface area contributed by atoms with Crippen LogP contribution in [0.2, 0.25) is 0 Å². The molecule has 1 radical (unpaired) electrons. The summed E-state index contributed by atoms with van der Waals surface area (Å²) in [5.74, 6) is 1.21. The quantitative estimate of drug-likeness (QED) is 0.521. The third-order valence-electron chi connectivity index (χ3n) is 2.11. The molecule has 0 saturated heterocycles. The van der Waals surface area contributed by atoms with E-state index in [0.29, 0.717) is 5.92 Å². The molecule has 1 fully saturated rings. The van der Waals surface area contributed by atoms with E-state index >= 15 is 0 Å². The second kappa shape index (κ2) is 2.06. The van der Waals surface area contributed by atoms with Crippen molar-refractivity contribution in [1.82, 2.24) is 0 Å². The van der Waals surface area contributed by atoms with Crippen molar-refractivity contribution in [2.24, 2.45) is 11.8 Å². The minimum Gasteiger partial charge on any atom is -0.233 e. The Morgan fingerprint density at radius 2 is 1.88 bits per heavy atom. The fourth-order valence-electron chi connectivity index (χ4n) is 1.01. The molecule has 0 aliphatic heterocycles. The van der Waals surface area contributed by atoms with E-state index in [-0.39, 0.29) is 6.10 Å². The van der Waals surface area contributed by atoms with Crippen LogP contribution in [0.4, 0.5) is 0 Å². The van der Waals surface area contributed by atoms with Crippen LogP contribution in [0.1, 0.15) is 26.7 Å². The first-order chi connectivity index (χ1) is 3.72. The molecule has 0 aromatic carbocycles. The van der Waals surface area contributed by atoms with Gasteiger partial charge in [0, 0.05) is 0 Å². The maximum Gasteiger partial charge on any atom is 0.0930 e. The van der Waals surface area contributed by atoms with E-state index in [1.54, 1.807) is 6.92 Å². The molecule has 1 aliphatic rings. The SMILES string of the molecule is CC([O])C(C)C1CC1. The Kier molecular flexibility index (Phi) is 1.57.